The molecule has 0 spiro atoms. The van der Waals surface area contributed by atoms with Crippen LogP contribution in [0.4, 0.5) is 0 Å². The molecule has 0 aromatic rings. The minimum Gasteiger partial charge on any atom is -0.457 e. The number of carbonyl (C=O) groups is 1. The summed E-state index contributed by atoms with van der Waals surface area (Å²) in [6.07, 6.45) is -2.32. The highest BCUT2D eigenvalue weighted by atomic mass is 16.6. The Morgan fingerprint density at radius 2 is 2.46 bits per heavy atom. The molecule has 0 bridgehead atoms. The molecule has 1 aliphatic heterocycles. The fourth-order valence-corrected chi connectivity index (χ4v) is 1.13. The maximum atomic E-state index is 11.1. The van der Waals surface area contributed by atoms with E-state index in [0.717, 1.165) is 0 Å². The molecule has 1 heterocycles. The molecular formula is C6H9N3O4. The molecule has 7 nitrogen and oxygen atoms in total. The predicted octanol–water partition coefficient (Wildman–Crippen LogP) is -0.666. The Morgan fingerprint density at radius 3 is 2.85 bits per heavy atom. The van der Waals surface area contributed by atoms with Gasteiger partial charge in [-0.05, 0) is 12.5 Å². The van der Waals surface area contributed by atoms with Gasteiger partial charge in [-0.3, -0.25) is 4.79 Å². The first-order valence-corrected chi connectivity index (χ1v) is 3.62. The van der Waals surface area contributed by atoms with Gasteiger partial charge in [0.25, 0.3) is 0 Å². The van der Waals surface area contributed by atoms with E-state index in [4.69, 9.17) is 10.6 Å². The van der Waals surface area contributed by atoms with Crippen LogP contribution in [0, 0.1) is 0 Å². The standard InChI is InChI=1S/C6H9N3O4/c1-6(8-9-7)4(11)3(2-10)13-5(6)12/h3-4,10-11H,2H2,1H3/t3-,4+,6+/m1/s1. The molecular weight excluding hydrogens is 178 g/mol. The number of nitrogens with zero attached hydrogens (tertiary/aromatic N) is 3. The lowest BCUT2D eigenvalue weighted by molar-refractivity contribution is -0.146. The van der Waals surface area contributed by atoms with Crippen molar-refractivity contribution in [2.75, 3.05) is 6.61 Å². The van der Waals surface area contributed by atoms with Gasteiger partial charge in [0.1, 0.15) is 6.10 Å². The minimum atomic E-state index is -1.62. The number of esters is 1. The molecule has 0 saturated carbocycles. The van der Waals surface area contributed by atoms with Crippen LogP contribution in [0.25, 0.3) is 10.4 Å². The molecule has 1 aliphatic rings. The van der Waals surface area contributed by atoms with Gasteiger partial charge < -0.3 is 14.9 Å². The molecule has 0 amide bonds. The Morgan fingerprint density at radius 1 is 1.85 bits per heavy atom. The second-order valence-electron chi connectivity index (χ2n) is 2.91. The molecule has 1 fully saturated rings. The Hall–Kier alpha value is -1.30. The Bertz CT molecular complexity index is 275. The van der Waals surface area contributed by atoms with E-state index in [-0.39, 0.29) is 0 Å². The third-order valence-electron chi connectivity index (χ3n) is 2.03. The molecule has 7 heteroatoms. The first kappa shape index (κ1) is 9.79. The van der Waals surface area contributed by atoms with Gasteiger partial charge in [-0.25, -0.2) is 0 Å². The fourth-order valence-electron chi connectivity index (χ4n) is 1.13. The number of rotatable bonds is 2. The Balaban J connectivity index is 2.98. The molecule has 72 valence electrons. The predicted molar refractivity (Wildman–Crippen MR) is 40.5 cm³/mol. The summed E-state index contributed by atoms with van der Waals surface area (Å²) in [4.78, 5) is 13.5. The van der Waals surface area contributed by atoms with Crippen LogP contribution in [0.3, 0.4) is 0 Å². The van der Waals surface area contributed by atoms with Crippen molar-refractivity contribution in [2.45, 2.75) is 24.7 Å². The zero-order chi connectivity index (χ0) is 10.1. The lowest BCUT2D eigenvalue weighted by Crippen LogP contribution is -2.42. The zero-order valence-electron chi connectivity index (χ0n) is 6.91. The van der Waals surface area contributed by atoms with Gasteiger partial charge in [-0.1, -0.05) is 5.11 Å². The van der Waals surface area contributed by atoms with E-state index >= 15 is 0 Å². The third kappa shape index (κ3) is 1.33. The van der Waals surface area contributed by atoms with E-state index in [0.29, 0.717) is 0 Å². The lowest BCUT2D eigenvalue weighted by Gasteiger charge is -2.17. The van der Waals surface area contributed by atoms with Crippen LogP contribution in [0.5, 0.6) is 0 Å². The maximum absolute atomic E-state index is 11.1. The quantitative estimate of drug-likeness (QED) is 0.258. The second-order valence-corrected chi connectivity index (χ2v) is 2.91. The molecule has 13 heavy (non-hydrogen) atoms. The van der Waals surface area contributed by atoms with Crippen molar-refractivity contribution < 1.29 is 19.7 Å². The molecule has 0 aromatic heterocycles. The number of aliphatic hydroxyl groups is 2. The number of ether oxygens (including phenoxy) is 1. The summed E-state index contributed by atoms with van der Waals surface area (Å²) in [6.45, 7) is 0.763. The molecule has 1 rings (SSSR count). The monoisotopic (exact) mass is 187 g/mol. The maximum Gasteiger partial charge on any atom is 0.321 e. The number of azide groups is 1. The summed E-state index contributed by atoms with van der Waals surface area (Å²) < 4.78 is 4.59. The van der Waals surface area contributed by atoms with Crippen molar-refractivity contribution in [3.8, 4) is 0 Å². The Kier molecular flexibility index (Phi) is 2.42. The summed E-state index contributed by atoms with van der Waals surface area (Å²) in [5, 5.41) is 21.3. The average Bonchev–Trinajstić information content (AvgIpc) is 2.31. The highest BCUT2D eigenvalue weighted by Gasteiger charge is 2.53. The Labute approximate surface area is 73.6 Å². The van der Waals surface area contributed by atoms with Gasteiger partial charge in [0.15, 0.2) is 11.6 Å². The van der Waals surface area contributed by atoms with Gasteiger partial charge in [0.05, 0.1) is 6.61 Å². The number of carbonyl (C=O) groups excluding carboxylic acids is 1. The van der Waals surface area contributed by atoms with Crippen molar-refractivity contribution in [1.29, 1.82) is 0 Å². The molecule has 3 atom stereocenters. The van der Waals surface area contributed by atoms with Crippen molar-refractivity contribution in [3.63, 3.8) is 0 Å². The van der Waals surface area contributed by atoms with Crippen LogP contribution in [-0.4, -0.2) is 40.5 Å². The van der Waals surface area contributed by atoms with Crippen molar-refractivity contribution in [3.05, 3.63) is 10.4 Å². The molecule has 2 N–H and O–H groups in total. The largest absolute Gasteiger partial charge is 0.457 e. The summed E-state index contributed by atoms with van der Waals surface area (Å²) in [7, 11) is 0. The van der Waals surface area contributed by atoms with E-state index in [2.05, 4.69) is 14.8 Å². The summed E-state index contributed by atoms with van der Waals surface area (Å²) in [5.74, 6) is -0.822. The average molecular weight is 187 g/mol. The van der Waals surface area contributed by atoms with Crippen LogP contribution < -0.4 is 0 Å². The van der Waals surface area contributed by atoms with E-state index in [1.54, 1.807) is 0 Å². The molecule has 0 unspecified atom stereocenters. The first-order chi connectivity index (χ1) is 6.06. The van der Waals surface area contributed by atoms with Crippen LogP contribution in [0.15, 0.2) is 5.11 Å². The van der Waals surface area contributed by atoms with E-state index in [9.17, 15) is 9.90 Å². The van der Waals surface area contributed by atoms with Crippen molar-refractivity contribution in [2.24, 2.45) is 5.11 Å². The van der Waals surface area contributed by atoms with Gasteiger partial charge in [0.2, 0.25) is 0 Å². The topological polar surface area (TPSA) is 116 Å². The molecule has 0 radical (unpaired) electrons. The van der Waals surface area contributed by atoms with Crippen LogP contribution in [0.2, 0.25) is 0 Å². The minimum absolute atomic E-state index is 0.497. The third-order valence-corrected chi connectivity index (χ3v) is 2.03. The van der Waals surface area contributed by atoms with E-state index in [1.165, 1.54) is 6.92 Å². The molecule has 0 aliphatic carbocycles. The highest BCUT2D eigenvalue weighted by Crippen LogP contribution is 2.29. The number of aliphatic hydroxyl groups excluding tert-OH is 2. The van der Waals surface area contributed by atoms with Crippen LogP contribution in [0.1, 0.15) is 6.92 Å². The van der Waals surface area contributed by atoms with Crippen molar-refractivity contribution >= 4 is 5.97 Å². The SMILES string of the molecule is C[C@@]1(N=[N+]=[N-])C(=O)O[C@H](CO)[C@@H]1O. The van der Waals surface area contributed by atoms with Gasteiger partial charge in [-0.2, -0.15) is 0 Å². The lowest BCUT2D eigenvalue weighted by atomic mass is 9.96. The first-order valence-electron chi connectivity index (χ1n) is 3.62. The molecule has 0 aromatic carbocycles. The fraction of sp³-hybridized carbons (Fsp3) is 0.833. The van der Waals surface area contributed by atoms with Gasteiger partial charge in [-0.15, -0.1) is 0 Å². The van der Waals surface area contributed by atoms with Crippen LogP contribution >= 0.6 is 0 Å². The highest BCUT2D eigenvalue weighted by molar-refractivity contribution is 5.84. The number of hydrogen-bond donors (Lipinski definition) is 2. The summed E-state index contributed by atoms with van der Waals surface area (Å²) >= 11 is 0. The zero-order valence-corrected chi connectivity index (χ0v) is 6.91. The smallest absolute Gasteiger partial charge is 0.321 e. The normalized spacial score (nSPS) is 38.2. The van der Waals surface area contributed by atoms with Gasteiger partial charge in [0, 0.05) is 4.91 Å². The van der Waals surface area contributed by atoms with E-state index in [1.807, 2.05) is 0 Å². The van der Waals surface area contributed by atoms with Gasteiger partial charge >= 0.3 is 5.97 Å². The number of cyclic esters (lactones) is 1. The summed E-state index contributed by atoms with van der Waals surface area (Å²) in [6, 6.07) is 0. The second kappa shape index (κ2) is 3.21. The summed E-state index contributed by atoms with van der Waals surface area (Å²) in [5.41, 5.74) is 6.54. The van der Waals surface area contributed by atoms with E-state index < -0.39 is 30.3 Å². The molecule has 1 saturated heterocycles. The number of hydrogen-bond acceptors (Lipinski definition) is 5. The van der Waals surface area contributed by atoms with Crippen molar-refractivity contribution in [1.82, 2.24) is 0 Å². The van der Waals surface area contributed by atoms with Crippen LogP contribution in [-0.2, 0) is 9.53 Å².